The fraction of sp³-hybridized carbons (Fsp3) is 0.400. The molecule has 3 atom stereocenters. The van der Waals surface area contributed by atoms with E-state index in [1.54, 1.807) is 18.2 Å². The fourth-order valence-corrected chi connectivity index (χ4v) is 5.93. The second-order valence-corrected chi connectivity index (χ2v) is 9.99. The Kier molecular flexibility index (Phi) is 4.52. The molecule has 0 unspecified atom stereocenters. The van der Waals surface area contributed by atoms with E-state index < -0.39 is 5.82 Å². The molecule has 4 heterocycles. The highest BCUT2D eigenvalue weighted by Crippen LogP contribution is 2.36. The Bertz CT molecular complexity index is 1100. The van der Waals surface area contributed by atoms with Crippen molar-refractivity contribution in [2.75, 3.05) is 7.05 Å². The molecule has 5 nitrogen and oxygen atoms in total. The second kappa shape index (κ2) is 6.93. The van der Waals surface area contributed by atoms with Crippen LogP contribution in [0.15, 0.2) is 39.2 Å². The molecule has 2 aliphatic heterocycles. The van der Waals surface area contributed by atoms with E-state index in [0.717, 1.165) is 16.6 Å². The first-order valence-corrected chi connectivity index (χ1v) is 11.0. The van der Waals surface area contributed by atoms with Gasteiger partial charge in [0.15, 0.2) is 5.82 Å². The van der Waals surface area contributed by atoms with Crippen molar-refractivity contribution in [3.8, 4) is 11.4 Å². The summed E-state index contributed by atoms with van der Waals surface area (Å²) in [5.41, 5.74) is 0.510. The summed E-state index contributed by atoms with van der Waals surface area (Å²) in [6.07, 6.45) is 5.87. The van der Waals surface area contributed by atoms with E-state index in [9.17, 15) is 9.18 Å². The van der Waals surface area contributed by atoms with Crippen molar-refractivity contribution < 1.29 is 9.13 Å². The highest BCUT2D eigenvalue weighted by molar-refractivity contribution is 9.11. The zero-order chi connectivity index (χ0) is 19.4. The van der Waals surface area contributed by atoms with Gasteiger partial charge in [0, 0.05) is 18.2 Å². The van der Waals surface area contributed by atoms with Gasteiger partial charge in [-0.25, -0.2) is 9.37 Å². The molecule has 2 bridgehead atoms. The van der Waals surface area contributed by atoms with Gasteiger partial charge in [-0.15, -0.1) is 11.3 Å². The molecule has 0 radical (unpaired) electrons. The van der Waals surface area contributed by atoms with Gasteiger partial charge in [-0.3, -0.25) is 9.36 Å². The van der Waals surface area contributed by atoms with Crippen LogP contribution < -0.4 is 10.3 Å². The Morgan fingerprint density at radius 1 is 1.25 bits per heavy atom. The van der Waals surface area contributed by atoms with E-state index >= 15 is 0 Å². The summed E-state index contributed by atoms with van der Waals surface area (Å²) in [7, 11) is 2.18. The molecular weight excluding hydrogens is 445 g/mol. The molecule has 0 aliphatic carbocycles. The molecule has 1 aromatic carbocycles. The molecule has 0 amide bonds. The van der Waals surface area contributed by atoms with E-state index in [4.69, 9.17) is 4.74 Å². The number of hydrogen-bond donors (Lipinski definition) is 0. The number of ether oxygens (including phenoxy) is 1. The maximum Gasteiger partial charge on any atom is 0.275 e. The van der Waals surface area contributed by atoms with E-state index in [0.29, 0.717) is 28.0 Å². The average Bonchev–Trinajstić information content (AvgIpc) is 3.12. The van der Waals surface area contributed by atoms with Gasteiger partial charge in [0.1, 0.15) is 22.9 Å². The van der Waals surface area contributed by atoms with Gasteiger partial charge in [0.2, 0.25) is 0 Å². The van der Waals surface area contributed by atoms with Crippen LogP contribution in [0.4, 0.5) is 4.39 Å². The predicted octanol–water partition coefficient (Wildman–Crippen LogP) is 4.35. The minimum absolute atomic E-state index is 0.114. The van der Waals surface area contributed by atoms with Gasteiger partial charge >= 0.3 is 0 Å². The van der Waals surface area contributed by atoms with Crippen LogP contribution in [0.1, 0.15) is 25.7 Å². The highest BCUT2D eigenvalue weighted by atomic mass is 79.9. The predicted molar refractivity (Wildman–Crippen MR) is 111 cm³/mol. The number of fused-ring (bicyclic) bond motifs is 3. The monoisotopic (exact) mass is 463 g/mol. The van der Waals surface area contributed by atoms with Crippen molar-refractivity contribution in [3.63, 3.8) is 0 Å². The van der Waals surface area contributed by atoms with Gasteiger partial charge in [-0.2, -0.15) is 0 Å². The largest absolute Gasteiger partial charge is 0.490 e. The van der Waals surface area contributed by atoms with Gasteiger partial charge in [-0.05, 0) is 66.9 Å². The van der Waals surface area contributed by atoms with Crippen molar-refractivity contribution in [2.45, 2.75) is 43.9 Å². The number of rotatable bonds is 3. The molecule has 8 heteroatoms. The van der Waals surface area contributed by atoms with E-state index in [2.05, 4.69) is 32.9 Å². The third-order valence-corrected chi connectivity index (χ3v) is 7.56. The Balaban J connectivity index is 1.41. The van der Waals surface area contributed by atoms with Crippen molar-refractivity contribution in [1.82, 2.24) is 14.5 Å². The van der Waals surface area contributed by atoms with Crippen LogP contribution in [0.2, 0.25) is 0 Å². The topological polar surface area (TPSA) is 47.4 Å². The van der Waals surface area contributed by atoms with Crippen LogP contribution in [0, 0.1) is 5.82 Å². The Morgan fingerprint density at radius 3 is 2.71 bits per heavy atom. The van der Waals surface area contributed by atoms with Crippen LogP contribution in [0.3, 0.4) is 0 Å². The molecule has 0 N–H and O–H groups in total. The summed E-state index contributed by atoms with van der Waals surface area (Å²) in [5, 5.41) is 0. The fourth-order valence-electron chi connectivity index (χ4n) is 4.46. The maximum atomic E-state index is 14.8. The summed E-state index contributed by atoms with van der Waals surface area (Å²) in [6, 6.07) is 7.61. The summed E-state index contributed by atoms with van der Waals surface area (Å²) in [4.78, 5) is 19.4. The Hall–Kier alpha value is -1.77. The molecule has 2 fully saturated rings. The molecule has 2 saturated heterocycles. The number of benzene rings is 1. The molecule has 0 spiro atoms. The van der Waals surface area contributed by atoms with Crippen LogP contribution >= 0.6 is 27.3 Å². The number of hydrogen-bond acceptors (Lipinski definition) is 5. The van der Waals surface area contributed by atoms with Crippen LogP contribution in [-0.2, 0) is 0 Å². The molecular formula is C20H19BrFN3O2S. The van der Waals surface area contributed by atoms with Gasteiger partial charge < -0.3 is 9.64 Å². The van der Waals surface area contributed by atoms with Crippen LogP contribution in [-0.4, -0.2) is 39.7 Å². The highest BCUT2D eigenvalue weighted by Gasteiger charge is 2.39. The number of thiophene rings is 1. The van der Waals surface area contributed by atoms with Gasteiger partial charge in [-0.1, -0.05) is 0 Å². The third-order valence-electron chi connectivity index (χ3n) is 5.94. The molecule has 2 aliphatic rings. The SMILES string of the molecule is CN1[C@@H]2CC[C@H]1C[C@@H](Oc1ccc(-n3cnc4cc(Br)sc4c3=O)c(F)c1)C2. The first-order chi connectivity index (χ1) is 13.5. The van der Waals surface area contributed by atoms with E-state index in [1.165, 1.54) is 41.1 Å². The third kappa shape index (κ3) is 3.07. The van der Waals surface area contributed by atoms with Crippen molar-refractivity contribution in [3.05, 3.63) is 50.6 Å². The van der Waals surface area contributed by atoms with Gasteiger partial charge in [0.25, 0.3) is 5.56 Å². The average molecular weight is 464 g/mol. The number of piperidine rings is 1. The van der Waals surface area contributed by atoms with Crippen molar-refractivity contribution >= 4 is 37.5 Å². The number of aromatic nitrogens is 2. The summed E-state index contributed by atoms with van der Waals surface area (Å²) in [5.74, 6) is 0.0171. The molecule has 146 valence electrons. The molecule has 5 rings (SSSR count). The van der Waals surface area contributed by atoms with E-state index in [-0.39, 0.29) is 17.4 Å². The minimum atomic E-state index is -0.493. The molecule has 3 aromatic rings. The summed E-state index contributed by atoms with van der Waals surface area (Å²) < 4.78 is 23.5. The quantitative estimate of drug-likeness (QED) is 0.579. The normalized spacial score (nSPS) is 24.8. The number of nitrogens with zero attached hydrogens (tertiary/aromatic N) is 3. The van der Waals surface area contributed by atoms with Gasteiger partial charge in [0.05, 0.1) is 15.0 Å². The van der Waals surface area contributed by atoms with Crippen LogP contribution in [0.25, 0.3) is 15.9 Å². The first kappa shape index (κ1) is 18.3. The molecule has 28 heavy (non-hydrogen) atoms. The van der Waals surface area contributed by atoms with Crippen molar-refractivity contribution in [1.29, 1.82) is 0 Å². The smallest absolute Gasteiger partial charge is 0.275 e. The zero-order valence-corrected chi connectivity index (χ0v) is 17.7. The standard InChI is InChI=1S/C20H19BrFN3O2S/c1-24-11-2-3-12(24)7-14(6-11)27-13-4-5-17(15(22)8-13)25-10-23-16-9-18(21)28-19(16)20(25)26/h4-5,8-12,14H,2-3,6-7H2,1H3/t11-,12+,14+. The Labute approximate surface area is 173 Å². The lowest BCUT2D eigenvalue weighted by Gasteiger charge is -2.36. The number of halogens is 2. The summed E-state index contributed by atoms with van der Waals surface area (Å²) >= 11 is 4.66. The first-order valence-electron chi connectivity index (χ1n) is 9.35. The zero-order valence-electron chi connectivity index (χ0n) is 15.3. The van der Waals surface area contributed by atoms with Crippen LogP contribution in [0.5, 0.6) is 5.75 Å². The maximum absolute atomic E-state index is 14.8. The van der Waals surface area contributed by atoms with E-state index in [1.807, 2.05) is 0 Å². The molecule has 0 saturated carbocycles. The molecule has 2 aromatic heterocycles. The lowest BCUT2D eigenvalue weighted by Crippen LogP contribution is -2.43. The Morgan fingerprint density at radius 2 is 2.00 bits per heavy atom. The van der Waals surface area contributed by atoms with Crippen molar-refractivity contribution in [2.24, 2.45) is 0 Å². The lowest BCUT2D eigenvalue weighted by molar-refractivity contribution is 0.0660. The lowest BCUT2D eigenvalue weighted by atomic mass is 10.0. The summed E-state index contributed by atoms with van der Waals surface area (Å²) in [6.45, 7) is 0. The second-order valence-electron chi connectivity index (χ2n) is 7.56. The minimum Gasteiger partial charge on any atom is -0.490 e.